The zero-order valence-corrected chi connectivity index (χ0v) is 14.2. The predicted octanol–water partition coefficient (Wildman–Crippen LogP) is 4.81. The molecule has 6 heteroatoms. The number of carbonyl (C=O) groups is 2. The van der Waals surface area contributed by atoms with Crippen molar-refractivity contribution in [1.29, 1.82) is 0 Å². The second kappa shape index (κ2) is 8.18. The predicted molar refractivity (Wildman–Crippen MR) is 92.9 cm³/mol. The average molecular weight is 367 g/mol. The fourth-order valence-electron chi connectivity index (χ4n) is 2.87. The van der Waals surface area contributed by atoms with E-state index in [0.717, 1.165) is 0 Å². The molecule has 0 bridgehead atoms. The van der Waals surface area contributed by atoms with E-state index in [0.29, 0.717) is 21.2 Å². The summed E-state index contributed by atoms with van der Waals surface area (Å²) in [6, 6.07) is 13.8. The number of hydrogen-bond acceptors (Lipinski definition) is 2. The monoisotopic (exact) mass is 366 g/mol. The van der Waals surface area contributed by atoms with Gasteiger partial charge in [0.05, 0.1) is 12.8 Å². The lowest BCUT2D eigenvalue weighted by atomic mass is 9.77. The van der Waals surface area contributed by atoms with E-state index in [2.05, 4.69) is 0 Å². The Morgan fingerprint density at radius 1 is 0.750 bits per heavy atom. The quantitative estimate of drug-likeness (QED) is 0.737. The minimum Gasteiger partial charge on any atom is -0.481 e. The maximum absolute atomic E-state index is 11.4. The van der Waals surface area contributed by atoms with E-state index in [-0.39, 0.29) is 12.8 Å². The Labute approximate surface area is 149 Å². The van der Waals surface area contributed by atoms with Gasteiger partial charge in [-0.25, -0.2) is 0 Å². The van der Waals surface area contributed by atoms with Crippen LogP contribution in [0.15, 0.2) is 48.5 Å². The normalized spacial score (nSPS) is 13.2. The topological polar surface area (TPSA) is 74.6 Å². The molecule has 0 amide bonds. The number of aliphatic carboxylic acids is 2. The van der Waals surface area contributed by atoms with Gasteiger partial charge >= 0.3 is 11.9 Å². The van der Waals surface area contributed by atoms with Gasteiger partial charge in [0.15, 0.2) is 0 Å². The first-order valence-electron chi connectivity index (χ1n) is 7.32. The largest absolute Gasteiger partial charge is 0.481 e. The van der Waals surface area contributed by atoms with Gasteiger partial charge in [0.2, 0.25) is 0 Å². The van der Waals surface area contributed by atoms with Crippen molar-refractivity contribution in [1.82, 2.24) is 0 Å². The number of benzene rings is 2. The van der Waals surface area contributed by atoms with Gasteiger partial charge in [-0.15, -0.1) is 0 Å². The molecule has 2 aromatic rings. The van der Waals surface area contributed by atoms with Crippen LogP contribution in [0, 0.1) is 0 Å². The van der Waals surface area contributed by atoms with Gasteiger partial charge < -0.3 is 10.2 Å². The van der Waals surface area contributed by atoms with Crippen LogP contribution in [0.3, 0.4) is 0 Å². The summed E-state index contributed by atoms with van der Waals surface area (Å²) >= 11 is 12.5. The lowest BCUT2D eigenvalue weighted by Gasteiger charge is -2.27. The molecule has 2 aromatic carbocycles. The highest BCUT2D eigenvalue weighted by Crippen LogP contribution is 2.42. The standard InChI is InChI=1S/C18H16Cl2O4/c19-15-7-3-1-5-11(15)13(9-17(21)22)14(10-18(23)24)12-6-2-4-8-16(12)20/h1-8,13-14H,9-10H2,(H,21,22)(H,23,24)/t13-,14+. The molecule has 0 radical (unpaired) electrons. The van der Waals surface area contributed by atoms with E-state index in [1.165, 1.54) is 0 Å². The van der Waals surface area contributed by atoms with Crippen LogP contribution in [0.5, 0.6) is 0 Å². The molecule has 0 aromatic heterocycles. The summed E-state index contributed by atoms with van der Waals surface area (Å²) in [5, 5.41) is 19.4. The Hall–Kier alpha value is -2.04. The molecular formula is C18H16Cl2O4. The van der Waals surface area contributed by atoms with Crippen LogP contribution in [-0.4, -0.2) is 22.2 Å². The summed E-state index contributed by atoms with van der Waals surface area (Å²) in [5.74, 6) is -3.26. The third-order valence-corrected chi connectivity index (χ3v) is 4.57. The Morgan fingerprint density at radius 3 is 1.38 bits per heavy atom. The number of hydrogen-bond donors (Lipinski definition) is 2. The van der Waals surface area contributed by atoms with Crippen molar-refractivity contribution >= 4 is 35.1 Å². The van der Waals surface area contributed by atoms with Gasteiger partial charge in [0, 0.05) is 21.9 Å². The summed E-state index contributed by atoms with van der Waals surface area (Å²) in [6.07, 6.45) is -0.486. The summed E-state index contributed by atoms with van der Waals surface area (Å²) in [6.45, 7) is 0. The molecule has 24 heavy (non-hydrogen) atoms. The molecule has 0 unspecified atom stereocenters. The van der Waals surface area contributed by atoms with E-state index in [1.54, 1.807) is 48.5 Å². The minimum absolute atomic E-state index is 0.243. The maximum atomic E-state index is 11.4. The van der Waals surface area contributed by atoms with E-state index in [9.17, 15) is 19.8 Å². The first-order valence-corrected chi connectivity index (χ1v) is 8.08. The molecule has 0 saturated heterocycles. The van der Waals surface area contributed by atoms with E-state index < -0.39 is 23.8 Å². The zero-order valence-electron chi connectivity index (χ0n) is 12.7. The molecule has 0 saturated carbocycles. The SMILES string of the molecule is O=C(O)C[C@H](c1ccccc1Cl)[C@@H](CC(=O)O)c1ccccc1Cl. The fraction of sp³-hybridized carbons (Fsp3) is 0.222. The van der Waals surface area contributed by atoms with Crippen LogP contribution in [0.2, 0.25) is 10.0 Å². The highest BCUT2D eigenvalue weighted by atomic mass is 35.5. The highest BCUT2D eigenvalue weighted by molar-refractivity contribution is 6.32. The third-order valence-electron chi connectivity index (χ3n) is 3.88. The summed E-state index contributed by atoms with van der Waals surface area (Å²) in [7, 11) is 0. The fourth-order valence-corrected chi connectivity index (χ4v) is 3.42. The molecule has 0 fully saturated rings. The Bertz CT molecular complexity index is 682. The smallest absolute Gasteiger partial charge is 0.303 e. The van der Waals surface area contributed by atoms with E-state index >= 15 is 0 Å². The van der Waals surface area contributed by atoms with Crippen LogP contribution in [0.4, 0.5) is 0 Å². The lowest BCUT2D eigenvalue weighted by Crippen LogP contribution is -2.19. The van der Waals surface area contributed by atoms with Crippen LogP contribution in [0.1, 0.15) is 35.8 Å². The number of halogens is 2. The Balaban J connectivity index is 2.57. The molecule has 126 valence electrons. The average Bonchev–Trinajstić information content (AvgIpc) is 2.52. The van der Waals surface area contributed by atoms with Crippen molar-refractivity contribution in [3.05, 3.63) is 69.7 Å². The molecule has 2 N–H and O–H groups in total. The molecule has 0 heterocycles. The minimum atomic E-state index is -1.03. The van der Waals surface area contributed by atoms with Crippen LogP contribution in [0.25, 0.3) is 0 Å². The van der Waals surface area contributed by atoms with Crippen molar-refractivity contribution in [3.63, 3.8) is 0 Å². The first kappa shape index (κ1) is 18.3. The number of carboxylic acids is 2. The summed E-state index contributed by atoms with van der Waals surface area (Å²) in [4.78, 5) is 22.8. The van der Waals surface area contributed by atoms with Gasteiger partial charge in [-0.2, -0.15) is 0 Å². The van der Waals surface area contributed by atoms with Crippen molar-refractivity contribution < 1.29 is 19.8 Å². The highest BCUT2D eigenvalue weighted by Gasteiger charge is 2.31. The third kappa shape index (κ3) is 4.49. The van der Waals surface area contributed by atoms with Gasteiger partial charge in [-0.1, -0.05) is 59.6 Å². The Morgan fingerprint density at radius 2 is 1.08 bits per heavy atom. The molecule has 2 rings (SSSR count). The summed E-state index contributed by atoms with van der Waals surface area (Å²) < 4.78 is 0. The van der Waals surface area contributed by atoms with Gasteiger partial charge in [-0.05, 0) is 23.3 Å². The maximum Gasteiger partial charge on any atom is 0.303 e. The molecule has 0 aliphatic carbocycles. The molecular weight excluding hydrogens is 351 g/mol. The molecule has 0 aliphatic rings. The van der Waals surface area contributed by atoms with Crippen molar-refractivity contribution in [3.8, 4) is 0 Å². The van der Waals surface area contributed by atoms with Crippen LogP contribution < -0.4 is 0 Å². The Kier molecular flexibility index (Phi) is 6.23. The molecule has 4 nitrogen and oxygen atoms in total. The molecule has 0 spiro atoms. The number of rotatable bonds is 7. The van der Waals surface area contributed by atoms with E-state index in [1.807, 2.05) is 0 Å². The zero-order chi connectivity index (χ0) is 17.7. The first-order chi connectivity index (χ1) is 11.4. The van der Waals surface area contributed by atoms with Crippen LogP contribution in [-0.2, 0) is 9.59 Å². The summed E-state index contributed by atoms with van der Waals surface area (Å²) in [5.41, 5.74) is 1.21. The molecule has 0 aliphatic heterocycles. The lowest BCUT2D eigenvalue weighted by molar-refractivity contribution is -0.140. The second-order valence-electron chi connectivity index (χ2n) is 5.45. The van der Waals surface area contributed by atoms with Gasteiger partial charge in [0.1, 0.15) is 0 Å². The van der Waals surface area contributed by atoms with Gasteiger partial charge in [-0.3, -0.25) is 9.59 Å². The van der Waals surface area contributed by atoms with Gasteiger partial charge in [0.25, 0.3) is 0 Å². The van der Waals surface area contributed by atoms with Crippen LogP contribution >= 0.6 is 23.2 Å². The van der Waals surface area contributed by atoms with Crippen molar-refractivity contribution in [2.45, 2.75) is 24.7 Å². The molecule has 2 atom stereocenters. The number of carboxylic acid groups (broad SMARTS) is 2. The van der Waals surface area contributed by atoms with E-state index in [4.69, 9.17) is 23.2 Å². The van der Waals surface area contributed by atoms with Crippen molar-refractivity contribution in [2.24, 2.45) is 0 Å². The second-order valence-corrected chi connectivity index (χ2v) is 6.27. The van der Waals surface area contributed by atoms with Crippen molar-refractivity contribution in [2.75, 3.05) is 0 Å².